The summed E-state index contributed by atoms with van der Waals surface area (Å²) in [6.45, 7) is -0.0228. The number of aromatic nitrogens is 2. The largest absolute Gasteiger partial charge is 0.452 e. The molecular formula is C20H15ClN2O5. The van der Waals surface area contributed by atoms with Gasteiger partial charge >= 0.3 is 5.97 Å². The van der Waals surface area contributed by atoms with E-state index < -0.39 is 5.97 Å². The van der Waals surface area contributed by atoms with Gasteiger partial charge in [0.25, 0.3) is 5.56 Å². The number of methoxy groups -OCH3 is 1. The second-order valence-electron chi connectivity index (χ2n) is 6.09. The van der Waals surface area contributed by atoms with E-state index in [1.54, 1.807) is 24.3 Å². The van der Waals surface area contributed by atoms with Crippen molar-refractivity contribution in [3.8, 4) is 0 Å². The molecule has 142 valence electrons. The number of esters is 1. The number of benzene rings is 2. The number of furan rings is 1. The average Bonchev–Trinajstić information content (AvgIpc) is 3.05. The molecule has 0 fully saturated rings. The molecule has 2 aromatic carbocycles. The molecule has 2 aromatic heterocycles. The van der Waals surface area contributed by atoms with Crippen LogP contribution >= 0.6 is 11.6 Å². The van der Waals surface area contributed by atoms with E-state index >= 15 is 0 Å². The van der Waals surface area contributed by atoms with Gasteiger partial charge in [-0.25, -0.2) is 9.78 Å². The fourth-order valence-corrected chi connectivity index (χ4v) is 3.15. The number of nitrogens with zero attached hydrogens (tertiary/aromatic N) is 1. The Bertz CT molecular complexity index is 1240. The number of carbonyl (C=O) groups excluding carboxylic acids is 1. The zero-order valence-corrected chi connectivity index (χ0v) is 15.6. The van der Waals surface area contributed by atoms with Crippen LogP contribution in [0.1, 0.15) is 21.9 Å². The number of nitrogens with one attached hydrogen (secondary N) is 1. The summed E-state index contributed by atoms with van der Waals surface area (Å²) >= 11 is 5.95. The van der Waals surface area contributed by atoms with Gasteiger partial charge in [0.1, 0.15) is 18.0 Å². The first-order valence-electron chi connectivity index (χ1n) is 8.41. The molecule has 0 unspecified atom stereocenters. The lowest BCUT2D eigenvalue weighted by Gasteiger charge is -2.06. The molecule has 0 amide bonds. The molecule has 2 heterocycles. The molecule has 7 nitrogen and oxygen atoms in total. The van der Waals surface area contributed by atoms with Crippen molar-refractivity contribution in [2.75, 3.05) is 7.11 Å². The highest BCUT2D eigenvalue weighted by molar-refractivity contribution is 6.31. The van der Waals surface area contributed by atoms with Crippen LogP contribution in [0.2, 0.25) is 5.02 Å². The molecule has 0 saturated carbocycles. The smallest absolute Gasteiger partial charge is 0.375 e. The van der Waals surface area contributed by atoms with Crippen molar-refractivity contribution >= 4 is 39.4 Å². The first kappa shape index (κ1) is 18.2. The van der Waals surface area contributed by atoms with Crippen molar-refractivity contribution in [1.82, 2.24) is 9.97 Å². The van der Waals surface area contributed by atoms with Crippen molar-refractivity contribution in [2.45, 2.75) is 13.2 Å². The number of carbonyl (C=O) groups is 1. The molecule has 28 heavy (non-hydrogen) atoms. The highest BCUT2D eigenvalue weighted by Crippen LogP contribution is 2.27. The number of rotatable bonds is 5. The molecule has 0 aliphatic rings. The van der Waals surface area contributed by atoms with Crippen molar-refractivity contribution in [3.05, 3.63) is 75.0 Å². The predicted molar refractivity (Wildman–Crippen MR) is 103 cm³/mol. The van der Waals surface area contributed by atoms with Crippen LogP contribution in [0.15, 0.2) is 51.7 Å². The molecule has 4 rings (SSSR count). The van der Waals surface area contributed by atoms with Gasteiger partial charge in [0.2, 0.25) is 5.76 Å². The molecule has 1 N–H and O–H groups in total. The first-order valence-corrected chi connectivity index (χ1v) is 8.79. The summed E-state index contributed by atoms with van der Waals surface area (Å²) < 4.78 is 16.1. The van der Waals surface area contributed by atoms with Gasteiger partial charge in [0.15, 0.2) is 0 Å². The second kappa shape index (κ2) is 7.46. The lowest BCUT2D eigenvalue weighted by atomic mass is 10.1. The Kier molecular flexibility index (Phi) is 4.85. The Morgan fingerprint density at radius 2 is 2.00 bits per heavy atom. The normalized spacial score (nSPS) is 11.2. The van der Waals surface area contributed by atoms with Crippen LogP contribution in [0.25, 0.3) is 21.9 Å². The molecule has 0 aliphatic carbocycles. The molecule has 4 aromatic rings. The summed E-state index contributed by atoms with van der Waals surface area (Å²) in [5.41, 5.74) is 1.26. The minimum atomic E-state index is -0.669. The van der Waals surface area contributed by atoms with Gasteiger partial charge < -0.3 is 18.9 Å². The Hall–Kier alpha value is -3.16. The number of hydrogen-bond donors (Lipinski definition) is 1. The van der Waals surface area contributed by atoms with Gasteiger partial charge in [0, 0.05) is 23.1 Å². The minimum absolute atomic E-state index is 0.0641. The Balaban J connectivity index is 1.61. The highest BCUT2D eigenvalue weighted by atomic mass is 35.5. The maximum absolute atomic E-state index is 12.6. The third-order valence-corrected chi connectivity index (χ3v) is 4.47. The molecule has 0 atom stereocenters. The van der Waals surface area contributed by atoms with Gasteiger partial charge in [-0.05, 0) is 24.3 Å². The van der Waals surface area contributed by atoms with Crippen LogP contribution in [0.3, 0.4) is 0 Å². The van der Waals surface area contributed by atoms with Crippen LogP contribution < -0.4 is 5.56 Å². The SMILES string of the molecule is COCc1c(C(=O)OCc2nc3cc(Cl)ccc3c(=O)[nH]2)oc2ccccc12. The van der Waals surface area contributed by atoms with Crippen LogP contribution in [0.5, 0.6) is 0 Å². The number of ether oxygens (including phenoxy) is 2. The number of hydrogen-bond acceptors (Lipinski definition) is 6. The molecule has 0 spiro atoms. The van der Waals surface area contributed by atoms with Gasteiger partial charge in [-0.3, -0.25) is 4.79 Å². The van der Waals surface area contributed by atoms with Crippen LogP contribution in [0.4, 0.5) is 0 Å². The van der Waals surface area contributed by atoms with E-state index in [9.17, 15) is 9.59 Å². The minimum Gasteiger partial charge on any atom is -0.452 e. The van der Waals surface area contributed by atoms with E-state index in [-0.39, 0.29) is 30.4 Å². The molecule has 0 aliphatic heterocycles. The fraction of sp³-hybridized carbons (Fsp3) is 0.150. The van der Waals surface area contributed by atoms with E-state index in [2.05, 4.69) is 9.97 Å². The number of fused-ring (bicyclic) bond motifs is 2. The molecule has 0 radical (unpaired) electrons. The average molecular weight is 399 g/mol. The lowest BCUT2D eigenvalue weighted by molar-refractivity contribution is 0.0422. The standard InChI is InChI=1S/C20H15ClN2O5/c1-26-9-14-12-4-2-3-5-16(12)28-18(14)20(25)27-10-17-22-15-8-11(21)6-7-13(15)19(24)23-17/h2-8H,9-10H2,1H3,(H,22,23,24). The Morgan fingerprint density at radius 3 is 2.82 bits per heavy atom. The second-order valence-corrected chi connectivity index (χ2v) is 6.53. The molecule has 0 bridgehead atoms. The summed E-state index contributed by atoms with van der Waals surface area (Å²) in [6, 6.07) is 12.0. The third-order valence-electron chi connectivity index (χ3n) is 4.23. The van der Waals surface area contributed by atoms with Crippen molar-refractivity contribution in [2.24, 2.45) is 0 Å². The fourth-order valence-electron chi connectivity index (χ4n) is 2.98. The monoisotopic (exact) mass is 398 g/mol. The van der Waals surface area contributed by atoms with E-state index in [1.165, 1.54) is 7.11 Å². The van der Waals surface area contributed by atoms with Crippen LogP contribution in [-0.4, -0.2) is 23.0 Å². The lowest BCUT2D eigenvalue weighted by Crippen LogP contribution is -2.15. The van der Waals surface area contributed by atoms with Crippen molar-refractivity contribution in [3.63, 3.8) is 0 Å². The molecule has 0 saturated heterocycles. The van der Waals surface area contributed by atoms with Crippen LogP contribution in [0, 0.1) is 0 Å². The van der Waals surface area contributed by atoms with Gasteiger partial charge in [-0.15, -0.1) is 0 Å². The molecule has 8 heteroatoms. The van der Waals surface area contributed by atoms with Crippen molar-refractivity contribution in [1.29, 1.82) is 0 Å². The van der Waals surface area contributed by atoms with E-state index in [1.807, 2.05) is 18.2 Å². The Labute approximate surface area is 163 Å². The number of halogens is 1. The first-order chi connectivity index (χ1) is 13.6. The summed E-state index contributed by atoms with van der Waals surface area (Å²) in [5, 5.41) is 1.64. The summed E-state index contributed by atoms with van der Waals surface area (Å²) in [7, 11) is 1.53. The maximum atomic E-state index is 12.6. The third kappa shape index (κ3) is 3.37. The van der Waals surface area contributed by atoms with Gasteiger partial charge in [0.05, 0.1) is 17.5 Å². The van der Waals surface area contributed by atoms with Crippen molar-refractivity contribution < 1.29 is 18.7 Å². The number of aromatic amines is 1. The van der Waals surface area contributed by atoms with E-state index in [0.717, 1.165) is 5.39 Å². The number of para-hydroxylation sites is 1. The van der Waals surface area contributed by atoms with Gasteiger partial charge in [-0.2, -0.15) is 0 Å². The zero-order chi connectivity index (χ0) is 19.7. The summed E-state index contributed by atoms with van der Waals surface area (Å²) in [6.07, 6.45) is 0. The molecular weight excluding hydrogens is 384 g/mol. The van der Waals surface area contributed by atoms with E-state index in [0.29, 0.717) is 27.1 Å². The van der Waals surface area contributed by atoms with Gasteiger partial charge in [-0.1, -0.05) is 29.8 Å². The highest BCUT2D eigenvalue weighted by Gasteiger charge is 2.22. The van der Waals surface area contributed by atoms with E-state index in [4.69, 9.17) is 25.5 Å². The topological polar surface area (TPSA) is 94.4 Å². The summed E-state index contributed by atoms with van der Waals surface area (Å²) in [5.74, 6) is -0.399. The zero-order valence-electron chi connectivity index (χ0n) is 14.8. The maximum Gasteiger partial charge on any atom is 0.375 e. The number of H-pyrrole nitrogens is 1. The summed E-state index contributed by atoms with van der Waals surface area (Å²) in [4.78, 5) is 31.6. The predicted octanol–water partition coefficient (Wildman–Crippen LogP) is 3.83. The van der Waals surface area contributed by atoms with Crippen LogP contribution in [-0.2, 0) is 22.7 Å². The Morgan fingerprint density at radius 1 is 1.18 bits per heavy atom. The quantitative estimate of drug-likeness (QED) is 0.513.